The van der Waals surface area contributed by atoms with E-state index in [9.17, 15) is 4.79 Å². The van der Waals surface area contributed by atoms with E-state index < -0.39 is 0 Å². The highest BCUT2D eigenvalue weighted by Gasteiger charge is 2.15. The Hall–Kier alpha value is -1.36. The molecule has 0 aliphatic carbocycles. The fraction of sp³-hybridized carbons (Fsp3) is 0.692. The van der Waals surface area contributed by atoms with Crippen molar-refractivity contribution in [2.45, 2.75) is 39.7 Å². The molecule has 5 nitrogen and oxygen atoms in total. The lowest BCUT2D eigenvalue weighted by Crippen LogP contribution is -2.21. The molecule has 0 spiro atoms. The maximum Gasteiger partial charge on any atom is 0.305 e. The Morgan fingerprint density at radius 2 is 2.17 bits per heavy atom. The lowest BCUT2D eigenvalue weighted by atomic mass is 10.1. The van der Waals surface area contributed by atoms with Gasteiger partial charge in [-0.15, -0.1) is 0 Å². The minimum atomic E-state index is -0.154. The summed E-state index contributed by atoms with van der Waals surface area (Å²) >= 11 is 0. The molecule has 0 amide bonds. The van der Waals surface area contributed by atoms with Gasteiger partial charge in [-0.2, -0.15) is 5.10 Å². The van der Waals surface area contributed by atoms with Gasteiger partial charge >= 0.3 is 5.97 Å². The summed E-state index contributed by atoms with van der Waals surface area (Å²) in [6, 6.07) is 0.247. The van der Waals surface area contributed by atoms with Crippen LogP contribution in [0.15, 0.2) is 0 Å². The fourth-order valence-corrected chi connectivity index (χ4v) is 2.17. The number of aromatic nitrogens is 2. The molecule has 1 aromatic rings. The van der Waals surface area contributed by atoms with Crippen LogP contribution in [0.3, 0.4) is 0 Å². The summed E-state index contributed by atoms with van der Waals surface area (Å²) in [5, 5.41) is 7.82. The van der Waals surface area contributed by atoms with E-state index in [1.807, 2.05) is 18.7 Å². The molecule has 0 radical (unpaired) electrons. The number of ether oxygens (including phenoxy) is 1. The van der Waals surface area contributed by atoms with Gasteiger partial charge in [0.15, 0.2) is 0 Å². The van der Waals surface area contributed by atoms with E-state index in [-0.39, 0.29) is 12.0 Å². The van der Waals surface area contributed by atoms with Crippen molar-refractivity contribution >= 4 is 5.97 Å². The van der Waals surface area contributed by atoms with Gasteiger partial charge in [0.1, 0.15) is 0 Å². The fourth-order valence-electron chi connectivity index (χ4n) is 2.17. The predicted molar refractivity (Wildman–Crippen MR) is 70.3 cm³/mol. The molecule has 0 bridgehead atoms. The highest BCUT2D eigenvalue weighted by molar-refractivity contribution is 5.69. The molecular formula is C13H23N3O2. The topological polar surface area (TPSA) is 56.1 Å². The minimum absolute atomic E-state index is 0.154. The zero-order chi connectivity index (χ0) is 13.7. The molecule has 102 valence electrons. The van der Waals surface area contributed by atoms with E-state index in [2.05, 4.69) is 29.0 Å². The molecule has 0 aliphatic rings. The van der Waals surface area contributed by atoms with Crippen LogP contribution in [0.1, 0.15) is 42.8 Å². The van der Waals surface area contributed by atoms with Gasteiger partial charge in [0, 0.05) is 30.8 Å². The highest BCUT2D eigenvalue weighted by Crippen LogP contribution is 2.20. The number of methoxy groups -OCH3 is 1. The molecular weight excluding hydrogens is 230 g/mol. The first kappa shape index (κ1) is 14.7. The molecule has 18 heavy (non-hydrogen) atoms. The number of carbonyl (C=O) groups excluding carboxylic acids is 1. The molecule has 0 saturated heterocycles. The van der Waals surface area contributed by atoms with Crippen LogP contribution in [-0.2, 0) is 16.6 Å². The van der Waals surface area contributed by atoms with Crippen molar-refractivity contribution in [2.24, 2.45) is 7.05 Å². The minimum Gasteiger partial charge on any atom is -0.469 e. The van der Waals surface area contributed by atoms with Crippen molar-refractivity contribution in [3.63, 3.8) is 0 Å². The lowest BCUT2D eigenvalue weighted by molar-refractivity contribution is -0.140. The first-order chi connectivity index (χ1) is 8.47. The van der Waals surface area contributed by atoms with Crippen molar-refractivity contribution in [1.82, 2.24) is 15.1 Å². The highest BCUT2D eigenvalue weighted by atomic mass is 16.5. The second kappa shape index (κ2) is 6.54. The van der Waals surface area contributed by atoms with E-state index in [4.69, 9.17) is 0 Å². The van der Waals surface area contributed by atoms with Gasteiger partial charge in [0.2, 0.25) is 0 Å². The van der Waals surface area contributed by atoms with Crippen LogP contribution in [0.25, 0.3) is 0 Å². The van der Waals surface area contributed by atoms with Gasteiger partial charge < -0.3 is 10.1 Å². The number of rotatable bonds is 6. The summed E-state index contributed by atoms with van der Waals surface area (Å²) in [7, 11) is 3.37. The van der Waals surface area contributed by atoms with Crippen LogP contribution < -0.4 is 5.32 Å². The Morgan fingerprint density at radius 3 is 2.67 bits per heavy atom. The summed E-state index contributed by atoms with van der Waals surface area (Å²) in [6.07, 6.45) is 1.25. The summed E-state index contributed by atoms with van der Waals surface area (Å²) in [6.45, 7) is 7.01. The van der Waals surface area contributed by atoms with Crippen molar-refractivity contribution in [1.29, 1.82) is 0 Å². The van der Waals surface area contributed by atoms with E-state index in [0.29, 0.717) is 6.42 Å². The zero-order valence-electron chi connectivity index (χ0n) is 11.9. The normalized spacial score (nSPS) is 12.5. The van der Waals surface area contributed by atoms with Gasteiger partial charge in [-0.05, 0) is 33.7 Å². The molecule has 1 aromatic heterocycles. The number of hydrogen-bond donors (Lipinski definition) is 1. The van der Waals surface area contributed by atoms with Gasteiger partial charge in [0.05, 0.1) is 12.8 Å². The molecule has 1 heterocycles. The summed E-state index contributed by atoms with van der Waals surface area (Å²) in [4.78, 5) is 11.0. The van der Waals surface area contributed by atoms with Crippen LogP contribution in [0, 0.1) is 13.8 Å². The van der Waals surface area contributed by atoms with Crippen LogP contribution in [0.4, 0.5) is 0 Å². The molecule has 5 heteroatoms. The predicted octanol–water partition coefficient (Wildman–Crippen LogP) is 1.64. The van der Waals surface area contributed by atoms with E-state index in [0.717, 1.165) is 18.7 Å². The largest absolute Gasteiger partial charge is 0.469 e. The average Bonchev–Trinajstić information content (AvgIpc) is 2.58. The monoisotopic (exact) mass is 253 g/mol. The quantitative estimate of drug-likeness (QED) is 0.618. The van der Waals surface area contributed by atoms with Crippen molar-refractivity contribution in [3.8, 4) is 0 Å². The molecule has 1 atom stereocenters. The summed E-state index contributed by atoms with van der Waals surface area (Å²) in [5.41, 5.74) is 3.49. The smallest absolute Gasteiger partial charge is 0.305 e. The van der Waals surface area contributed by atoms with Crippen LogP contribution >= 0.6 is 0 Å². The standard InChI is InChI=1S/C13H23N3O2/c1-9(14-8-6-7-12(17)18-5)13-10(2)15-16(4)11(13)3/h9,14H,6-8H2,1-5H3. The van der Waals surface area contributed by atoms with E-state index >= 15 is 0 Å². The Labute approximate surface area is 109 Å². The average molecular weight is 253 g/mol. The van der Waals surface area contributed by atoms with Crippen molar-refractivity contribution in [3.05, 3.63) is 17.0 Å². The third-order valence-corrected chi connectivity index (χ3v) is 3.23. The number of nitrogens with one attached hydrogen (secondary N) is 1. The summed E-state index contributed by atoms with van der Waals surface area (Å²) < 4.78 is 6.50. The zero-order valence-corrected chi connectivity index (χ0v) is 11.9. The second-order valence-corrected chi connectivity index (χ2v) is 4.56. The van der Waals surface area contributed by atoms with E-state index in [1.54, 1.807) is 0 Å². The van der Waals surface area contributed by atoms with Crippen LogP contribution in [0.2, 0.25) is 0 Å². The Bertz CT molecular complexity index is 413. The molecule has 0 saturated carbocycles. The van der Waals surface area contributed by atoms with Crippen molar-refractivity contribution in [2.75, 3.05) is 13.7 Å². The number of esters is 1. The molecule has 1 rings (SSSR count). The Morgan fingerprint density at radius 1 is 1.50 bits per heavy atom. The summed E-state index contributed by atoms with van der Waals surface area (Å²) in [5.74, 6) is -0.154. The number of aryl methyl sites for hydroxylation is 2. The van der Waals surface area contributed by atoms with E-state index in [1.165, 1.54) is 18.4 Å². The van der Waals surface area contributed by atoms with Gasteiger partial charge in [-0.3, -0.25) is 9.48 Å². The van der Waals surface area contributed by atoms with Crippen LogP contribution in [0.5, 0.6) is 0 Å². The van der Waals surface area contributed by atoms with Gasteiger partial charge in [-0.1, -0.05) is 0 Å². The molecule has 1 N–H and O–H groups in total. The maximum atomic E-state index is 11.0. The first-order valence-electron chi connectivity index (χ1n) is 6.27. The number of hydrogen-bond acceptors (Lipinski definition) is 4. The SMILES string of the molecule is COC(=O)CCCNC(C)c1c(C)nn(C)c1C. The second-order valence-electron chi connectivity index (χ2n) is 4.56. The Balaban J connectivity index is 2.46. The lowest BCUT2D eigenvalue weighted by Gasteiger charge is -2.14. The van der Waals surface area contributed by atoms with Crippen molar-refractivity contribution < 1.29 is 9.53 Å². The first-order valence-corrected chi connectivity index (χ1v) is 6.27. The number of carbonyl (C=O) groups is 1. The molecule has 0 aromatic carbocycles. The third kappa shape index (κ3) is 3.57. The van der Waals surface area contributed by atoms with Crippen LogP contribution in [-0.4, -0.2) is 29.4 Å². The third-order valence-electron chi connectivity index (χ3n) is 3.23. The molecule has 0 fully saturated rings. The van der Waals surface area contributed by atoms with Gasteiger partial charge in [-0.25, -0.2) is 0 Å². The number of nitrogens with zero attached hydrogens (tertiary/aromatic N) is 2. The molecule has 1 unspecified atom stereocenters. The molecule has 0 aliphatic heterocycles. The maximum absolute atomic E-state index is 11.0. The van der Waals surface area contributed by atoms with Gasteiger partial charge in [0.25, 0.3) is 0 Å². The Kier molecular flexibility index (Phi) is 5.34.